The van der Waals surface area contributed by atoms with E-state index in [1.165, 1.54) is 47.0 Å². The molecule has 39 heavy (non-hydrogen) atoms. The SMILES string of the molecule is COc1ccc([C@H](C(=O)NC2CCCCC2)N(C(=O)Cn2nnc3ccccc32)c2cccc(F)c2)cc1O. The first-order chi connectivity index (χ1) is 18.9. The van der Waals surface area contributed by atoms with Gasteiger partial charge in [-0.1, -0.05) is 48.7 Å². The van der Waals surface area contributed by atoms with Gasteiger partial charge < -0.3 is 15.2 Å². The van der Waals surface area contributed by atoms with Crippen molar-refractivity contribution in [2.24, 2.45) is 0 Å². The highest BCUT2D eigenvalue weighted by atomic mass is 19.1. The second-order valence-corrected chi connectivity index (χ2v) is 9.66. The molecule has 0 spiro atoms. The Kier molecular flexibility index (Phi) is 7.72. The van der Waals surface area contributed by atoms with Crippen molar-refractivity contribution >= 4 is 28.5 Å². The minimum Gasteiger partial charge on any atom is -0.504 e. The zero-order chi connectivity index (χ0) is 27.4. The number of phenols is 1. The highest BCUT2D eigenvalue weighted by molar-refractivity contribution is 6.01. The largest absolute Gasteiger partial charge is 0.504 e. The third-order valence-electron chi connectivity index (χ3n) is 7.04. The number of methoxy groups -OCH3 is 1. The number of anilines is 1. The lowest BCUT2D eigenvalue weighted by molar-refractivity contribution is -0.127. The Morgan fingerprint density at radius 2 is 1.90 bits per heavy atom. The van der Waals surface area contributed by atoms with Gasteiger partial charge in [0, 0.05) is 11.7 Å². The molecule has 1 aromatic heterocycles. The minimum absolute atomic E-state index is 0.0377. The number of fused-ring (bicyclic) bond motifs is 1. The number of aromatic hydroxyl groups is 1. The Morgan fingerprint density at radius 1 is 1.10 bits per heavy atom. The summed E-state index contributed by atoms with van der Waals surface area (Å²) in [7, 11) is 1.42. The summed E-state index contributed by atoms with van der Waals surface area (Å²) in [5, 5.41) is 21.9. The predicted molar refractivity (Wildman–Crippen MR) is 144 cm³/mol. The fourth-order valence-corrected chi connectivity index (χ4v) is 5.12. The van der Waals surface area contributed by atoms with Crippen LogP contribution in [0.2, 0.25) is 0 Å². The molecule has 0 radical (unpaired) electrons. The maximum Gasteiger partial charge on any atom is 0.249 e. The molecule has 2 N–H and O–H groups in total. The number of halogens is 1. The van der Waals surface area contributed by atoms with E-state index in [-0.39, 0.29) is 29.8 Å². The van der Waals surface area contributed by atoms with E-state index in [9.17, 15) is 19.1 Å². The van der Waals surface area contributed by atoms with Gasteiger partial charge in [0.25, 0.3) is 0 Å². The minimum atomic E-state index is -1.20. The van der Waals surface area contributed by atoms with E-state index in [0.29, 0.717) is 16.6 Å². The smallest absolute Gasteiger partial charge is 0.249 e. The third-order valence-corrected chi connectivity index (χ3v) is 7.04. The standard InChI is InChI=1S/C29H30FN5O4/c1-39-26-15-14-19(16-25(26)36)28(29(38)31-21-9-3-2-4-10-21)35(22-11-7-8-20(30)17-22)27(37)18-34-24-13-6-5-12-23(24)32-33-34/h5-8,11-17,21,28,36H,2-4,9-10,18H2,1H3,(H,31,38)/t28-/m1/s1. The summed E-state index contributed by atoms with van der Waals surface area (Å²) < 4.78 is 21.1. The number of rotatable bonds is 8. The molecular weight excluding hydrogens is 501 g/mol. The predicted octanol–water partition coefficient (Wildman–Crippen LogP) is 4.51. The molecule has 2 amide bonds. The van der Waals surface area contributed by atoms with Gasteiger partial charge in [-0.3, -0.25) is 14.5 Å². The lowest BCUT2D eigenvalue weighted by Gasteiger charge is -2.33. The van der Waals surface area contributed by atoms with E-state index in [0.717, 1.165) is 32.1 Å². The molecule has 1 fully saturated rings. The number of amides is 2. The Balaban J connectivity index is 1.59. The van der Waals surface area contributed by atoms with Crippen LogP contribution in [0.1, 0.15) is 43.7 Å². The van der Waals surface area contributed by atoms with Crippen molar-refractivity contribution in [3.8, 4) is 11.5 Å². The van der Waals surface area contributed by atoms with Crippen molar-refractivity contribution in [1.82, 2.24) is 20.3 Å². The molecule has 202 valence electrons. The molecule has 1 aliphatic rings. The third kappa shape index (κ3) is 5.69. The monoisotopic (exact) mass is 531 g/mol. The van der Waals surface area contributed by atoms with Crippen LogP contribution in [0.5, 0.6) is 11.5 Å². The number of aromatic nitrogens is 3. The summed E-state index contributed by atoms with van der Waals surface area (Å²) >= 11 is 0. The van der Waals surface area contributed by atoms with Gasteiger partial charge in [-0.2, -0.15) is 0 Å². The lowest BCUT2D eigenvalue weighted by atomic mass is 9.94. The van der Waals surface area contributed by atoms with Gasteiger partial charge in [-0.25, -0.2) is 9.07 Å². The molecule has 1 atom stereocenters. The van der Waals surface area contributed by atoms with Crippen LogP contribution >= 0.6 is 0 Å². The molecule has 1 saturated carbocycles. The summed E-state index contributed by atoms with van der Waals surface area (Å²) in [6.45, 7) is -0.244. The van der Waals surface area contributed by atoms with E-state index in [1.807, 2.05) is 12.1 Å². The molecule has 1 aliphatic carbocycles. The zero-order valence-electron chi connectivity index (χ0n) is 21.6. The van der Waals surface area contributed by atoms with Crippen molar-refractivity contribution in [3.63, 3.8) is 0 Å². The zero-order valence-corrected chi connectivity index (χ0v) is 21.6. The number of nitrogens with one attached hydrogen (secondary N) is 1. The number of hydrogen-bond donors (Lipinski definition) is 2. The Hall–Kier alpha value is -4.47. The number of ether oxygens (including phenoxy) is 1. The molecular formula is C29H30FN5O4. The van der Waals surface area contributed by atoms with Crippen LogP contribution in [0.3, 0.4) is 0 Å². The molecule has 10 heteroatoms. The van der Waals surface area contributed by atoms with Crippen molar-refractivity contribution in [1.29, 1.82) is 0 Å². The van der Waals surface area contributed by atoms with Crippen LogP contribution in [0, 0.1) is 5.82 Å². The quantitative estimate of drug-likeness (QED) is 0.346. The molecule has 0 aliphatic heterocycles. The van der Waals surface area contributed by atoms with Gasteiger partial charge in [-0.05, 0) is 60.9 Å². The molecule has 9 nitrogen and oxygen atoms in total. The first-order valence-corrected chi connectivity index (χ1v) is 13.0. The number of hydrogen-bond acceptors (Lipinski definition) is 6. The van der Waals surface area contributed by atoms with Gasteiger partial charge in [0.1, 0.15) is 23.9 Å². The molecule has 4 aromatic rings. The summed E-state index contributed by atoms with van der Waals surface area (Å²) in [6.07, 6.45) is 4.80. The van der Waals surface area contributed by atoms with E-state index in [4.69, 9.17) is 4.74 Å². The number of nitrogens with zero attached hydrogens (tertiary/aromatic N) is 4. The maximum absolute atomic E-state index is 14.5. The topological polar surface area (TPSA) is 110 Å². The lowest BCUT2D eigenvalue weighted by Crippen LogP contribution is -2.48. The molecule has 0 bridgehead atoms. The van der Waals surface area contributed by atoms with Gasteiger partial charge in [-0.15, -0.1) is 5.10 Å². The van der Waals surface area contributed by atoms with Gasteiger partial charge in [0.05, 0.1) is 12.6 Å². The van der Waals surface area contributed by atoms with Crippen LogP contribution in [0.4, 0.5) is 10.1 Å². The number of para-hydroxylation sites is 1. The van der Waals surface area contributed by atoms with E-state index in [2.05, 4.69) is 15.6 Å². The van der Waals surface area contributed by atoms with Crippen LogP contribution in [0.15, 0.2) is 66.7 Å². The van der Waals surface area contributed by atoms with Crippen LogP contribution in [-0.4, -0.2) is 45.1 Å². The number of benzene rings is 3. The van der Waals surface area contributed by atoms with E-state index < -0.39 is 23.7 Å². The fraction of sp³-hybridized carbons (Fsp3) is 0.310. The van der Waals surface area contributed by atoms with Gasteiger partial charge >= 0.3 is 0 Å². The summed E-state index contributed by atoms with van der Waals surface area (Å²) in [4.78, 5) is 29.2. The first-order valence-electron chi connectivity index (χ1n) is 13.0. The summed E-state index contributed by atoms with van der Waals surface area (Å²) in [6, 6.07) is 16.1. The highest BCUT2D eigenvalue weighted by Crippen LogP contribution is 2.35. The van der Waals surface area contributed by atoms with E-state index in [1.54, 1.807) is 24.3 Å². The van der Waals surface area contributed by atoms with E-state index >= 15 is 0 Å². The molecule has 5 rings (SSSR count). The maximum atomic E-state index is 14.5. The van der Waals surface area contributed by atoms with Gasteiger partial charge in [0.15, 0.2) is 11.5 Å². The van der Waals surface area contributed by atoms with Crippen LogP contribution in [0.25, 0.3) is 11.0 Å². The second kappa shape index (κ2) is 11.5. The van der Waals surface area contributed by atoms with Gasteiger partial charge in [0.2, 0.25) is 11.8 Å². The summed E-state index contributed by atoms with van der Waals surface area (Å²) in [5.41, 5.74) is 1.82. The Labute approximate surface area is 225 Å². The van der Waals surface area contributed by atoms with Crippen molar-refractivity contribution < 1.29 is 23.8 Å². The van der Waals surface area contributed by atoms with Crippen molar-refractivity contribution in [2.75, 3.05) is 12.0 Å². The Morgan fingerprint density at radius 3 is 2.64 bits per heavy atom. The Bertz CT molecular complexity index is 1480. The van der Waals surface area contributed by atoms with Crippen LogP contribution in [-0.2, 0) is 16.1 Å². The van der Waals surface area contributed by atoms with Crippen molar-refractivity contribution in [2.45, 2.75) is 50.7 Å². The van der Waals surface area contributed by atoms with Crippen LogP contribution < -0.4 is 15.0 Å². The molecule has 3 aromatic carbocycles. The molecule has 1 heterocycles. The molecule has 0 saturated heterocycles. The summed E-state index contributed by atoms with van der Waals surface area (Å²) in [5.74, 6) is -1.44. The average Bonchev–Trinajstić information content (AvgIpc) is 3.34. The average molecular weight is 532 g/mol. The van der Waals surface area contributed by atoms with Crippen molar-refractivity contribution in [3.05, 3.63) is 78.1 Å². The highest BCUT2D eigenvalue weighted by Gasteiger charge is 2.35. The number of carbonyl (C=O) groups excluding carboxylic acids is 2. The first kappa shape index (κ1) is 26.1. The molecule has 0 unspecified atom stereocenters. The number of carbonyl (C=O) groups is 2. The number of phenolic OH excluding ortho intramolecular Hbond substituents is 1. The normalized spacial score (nSPS) is 14.6. The second-order valence-electron chi connectivity index (χ2n) is 9.66. The fourth-order valence-electron chi connectivity index (χ4n) is 5.12.